The van der Waals surface area contributed by atoms with Gasteiger partial charge in [-0.2, -0.15) is 0 Å². The van der Waals surface area contributed by atoms with Crippen LogP contribution in [0.5, 0.6) is 0 Å². The zero-order valence-corrected chi connectivity index (χ0v) is 8.06. The largest absolute Gasteiger partial charge is 0.326 e. The number of nitrogens with two attached hydrogens (primary N) is 1. The minimum Gasteiger partial charge on any atom is -0.326 e. The highest BCUT2D eigenvalue weighted by Gasteiger charge is 2.22. The van der Waals surface area contributed by atoms with Crippen molar-refractivity contribution in [2.45, 2.75) is 32.2 Å². The molecule has 0 amide bonds. The van der Waals surface area contributed by atoms with Crippen LogP contribution < -0.4 is 5.73 Å². The number of hydrogen-bond acceptors (Lipinski definition) is 3. The highest BCUT2D eigenvalue weighted by Crippen LogP contribution is 2.20. The van der Waals surface area contributed by atoms with Crippen LogP contribution in [-0.4, -0.2) is 23.4 Å². The van der Waals surface area contributed by atoms with E-state index < -0.39 is 0 Å². The molecule has 66 valence electrons. The maximum absolute atomic E-state index is 5.86. The lowest BCUT2D eigenvalue weighted by atomic mass is 9.92. The summed E-state index contributed by atoms with van der Waals surface area (Å²) >= 11 is 4.33. The molecule has 1 fully saturated rings. The summed E-state index contributed by atoms with van der Waals surface area (Å²) in [6.45, 7) is 4.29. The predicted octanol–water partition coefficient (Wildman–Crippen LogP) is 1.28. The molecule has 1 rings (SSSR count). The van der Waals surface area contributed by atoms with Crippen LogP contribution in [0, 0.1) is 5.92 Å². The number of hydrogen-bond donors (Lipinski definition) is 2. The summed E-state index contributed by atoms with van der Waals surface area (Å²) in [5.41, 5.74) is 5.86. The molecule has 0 aromatic heterocycles. The van der Waals surface area contributed by atoms with Gasteiger partial charge in [0.1, 0.15) is 0 Å². The van der Waals surface area contributed by atoms with Gasteiger partial charge in [0.25, 0.3) is 0 Å². The number of piperidine rings is 1. The third-order valence-electron chi connectivity index (χ3n) is 2.25. The summed E-state index contributed by atoms with van der Waals surface area (Å²) in [5, 5.41) is 0. The molecule has 0 aromatic carbocycles. The third-order valence-corrected chi connectivity index (χ3v) is 2.57. The molecular weight excluding hydrogens is 156 g/mol. The highest BCUT2D eigenvalue weighted by molar-refractivity contribution is 7.77. The molecule has 0 aromatic rings. The molecule has 0 saturated carbocycles. The van der Waals surface area contributed by atoms with Crippen molar-refractivity contribution in [3.8, 4) is 0 Å². The Labute approximate surface area is 74.7 Å². The van der Waals surface area contributed by atoms with Gasteiger partial charge in [-0.05, 0) is 18.8 Å². The molecular formula is C8H18N2S. The van der Waals surface area contributed by atoms with Gasteiger partial charge in [-0.25, -0.2) is 0 Å². The maximum Gasteiger partial charge on any atom is 0.0239 e. The summed E-state index contributed by atoms with van der Waals surface area (Å²) < 4.78 is 2.05. The first-order valence-corrected chi connectivity index (χ1v) is 4.81. The van der Waals surface area contributed by atoms with Crippen LogP contribution in [0.1, 0.15) is 26.2 Å². The molecule has 2 N–H and O–H groups in total. The molecule has 0 radical (unpaired) electrons. The molecule has 11 heavy (non-hydrogen) atoms. The van der Waals surface area contributed by atoms with Crippen LogP contribution in [0.25, 0.3) is 0 Å². The Kier molecular flexibility index (Phi) is 3.69. The van der Waals surface area contributed by atoms with Gasteiger partial charge in [-0.3, -0.25) is 4.31 Å². The first-order valence-electron chi connectivity index (χ1n) is 4.41. The van der Waals surface area contributed by atoms with Crippen molar-refractivity contribution in [2.75, 3.05) is 13.1 Å². The summed E-state index contributed by atoms with van der Waals surface area (Å²) in [4.78, 5) is 0. The van der Waals surface area contributed by atoms with Crippen LogP contribution in [0.15, 0.2) is 0 Å². The minimum atomic E-state index is 0.345. The van der Waals surface area contributed by atoms with Crippen LogP contribution in [0.4, 0.5) is 0 Å². The van der Waals surface area contributed by atoms with Crippen molar-refractivity contribution in [2.24, 2.45) is 11.7 Å². The zero-order chi connectivity index (χ0) is 8.27. The van der Waals surface area contributed by atoms with E-state index in [9.17, 15) is 0 Å². The van der Waals surface area contributed by atoms with Gasteiger partial charge < -0.3 is 5.73 Å². The number of nitrogens with zero attached hydrogens (tertiary/aromatic N) is 1. The number of thiol groups is 1. The molecule has 0 spiro atoms. The standard InChI is InChI=1S/C8H18N2S/c1-2-3-7-4-8(9)6-10(11)5-7/h7-8,11H,2-6,9H2,1H3. The van der Waals surface area contributed by atoms with Crippen LogP contribution in [0.3, 0.4) is 0 Å². The molecule has 2 unspecified atom stereocenters. The van der Waals surface area contributed by atoms with Crippen molar-refractivity contribution in [3.63, 3.8) is 0 Å². The van der Waals surface area contributed by atoms with E-state index >= 15 is 0 Å². The van der Waals surface area contributed by atoms with Gasteiger partial charge in [-0.1, -0.05) is 26.2 Å². The first-order chi connectivity index (χ1) is 5.22. The summed E-state index contributed by atoms with van der Waals surface area (Å²) in [5.74, 6) is 0.779. The topological polar surface area (TPSA) is 29.3 Å². The molecule has 1 saturated heterocycles. The Bertz CT molecular complexity index is 109. The molecule has 3 heteroatoms. The van der Waals surface area contributed by atoms with E-state index in [1.807, 2.05) is 0 Å². The molecule has 2 atom stereocenters. The van der Waals surface area contributed by atoms with Crippen LogP contribution in [-0.2, 0) is 0 Å². The predicted molar refractivity (Wildman–Crippen MR) is 51.5 cm³/mol. The normalized spacial score (nSPS) is 34.1. The number of rotatable bonds is 2. The van der Waals surface area contributed by atoms with Gasteiger partial charge in [0.05, 0.1) is 0 Å². The molecule has 2 nitrogen and oxygen atoms in total. The average Bonchev–Trinajstić information content (AvgIpc) is 1.85. The highest BCUT2D eigenvalue weighted by atomic mass is 32.1. The van der Waals surface area contributed by atoms with Gasteiger partial charge in [0, 0.05) is 19.1 Å². The van der Waals surface area contributed by atoms with Gasteiger partial charge in [0.2, 0.25) is 0 Å². The summed E-state index contributed by atoms with van der Waals surface area (Å²) in [6, 6.07) is 0.345. The SMILES string of the molecule is CCCC1CC(N)CN(S)C1. The van der Waals surface area contributed by atoms with E-state index in [0.717, 1.165) is 19.0 Å². The summed E-state index contributed by atoms with van der Waals surface area (Å²) in [6.07, 6.45) is 3.74. The Morgan fingerprint density at radius 2 is 2.27 bits per heavy atom. The average molecular weight is 174 g/mol. The van der Waals surface area contributed by atoms with Crippen LogP contribution >= 0.6 is 12.8 Å². The monoisotopic (exact) mass is 174 g/mol. The second-order valence-corrected chi connectivity index (χ2v) is 4.09. The van der Waals surface area contributed by atoms with Crippen molar-refractivity contribution < 1.29 is 0 Å². The first kappa shape index (κ1) is 9.36. The fraction of sp³-hybridized carbons (Fsp3) is 1.00. The van der Waals surface area contributed by atoms with E-state index in [4.69, 9.17) is 5.73 Å². The Balaban J connectivity index is 2.30. The second-order valence-electron chi connectivity index (χ2n) is 3.52. The molecule has 1 aliphatic rings. The van der Waals surface area contributed by atoms with E-state index in [1.165, 1.54) is 19.3 Å². The zero-order valence-electron chi connectivity index (χ0n) is 7.16. The second kappa shape index (κ2) is 4.33. The minimum absolute atomic E-state index is 0.345. The Morgan fingerprint density at radius 3 is 2.82 bits per heavy atom. The fourth-order valence-electron chi connectivity index (χ4n) is 1.84. The van der Waals surface area contributed by atoms with E-state index in [-0.39, 0.29) is 0 Å². The van der Waals surface area contributed by atoms with Gasteiger partial charge in [-0.15, -0.1) is 0 Å². The van der Waals surface area contributed by atoms with E-state index in [2.05, 4.69) is 24.0 Å². The van der Waals surface area contributed by atoms with Crippen molar-refractivity contribution >= 4 is 12.8 Å². The maximum atomic E-state index is 5.86. The Hall–Kier alpha value is 0.270. The smallest absolute Gasteiger partial charge is 0.0239 e. The molecule has 0 aliphatic carbocycles. The van der Waals surface area contributed by atoms with Gasteiger partial charge in [0.15, 0.2) is 0 Å². The lowest BCUT2D eigenvalue weighted by molar-refractivity contribution is 0.247. The molecule has 1 aliphatic heterocycles. The Morgan fingerprint density at radius 1 is 1.55 bits per heavy atom. The lowest BCUT2D eigenvalue weighted by Gasteiger charge is -2.32. The third kappa shape index (κ3) is 3.01. The summed E-state index contributed by atoms with van der Waals surface area (Å²) in [7, 11) is 0. The van der Waals surface area contributed by atoms with Crippen molar-refractivity contribution in [1.82, 2.24) is 4.31 Å². The van der Waals surface area contributed by atoms with E-state index in [1.54, 1.807) is 0 Å². The fourth-order valence-corrected chi connectivity index (χ4v) is 2.28. The van der Waals surface area contributed by atoms with E-state index in [0.29, 0.717) is 6.04 Å². The van der Waals surface area contributed by atoms with Gasteiger partial charge >= 0.3 is 0 Å². The van der Waals surface area contributed by atoms with Crippen LogP contribution in [0.2, 0.25) is 0 Å². The quantitative estimate of drug-likeness (QED) is 0.618. The molecule has 1 heterocycles. The lowest BCUT2D eigenvalue weighted by Crippen LogP contribution is -2.42. The van der Waals surface area contributed by atoms with Crippen molar-refractivity contribution in [1.29, 1.82) is 0 Å². The molecule has 0 bridgehead atoms. The van der Waals surface area contributed by atoms with Crippen molar-refractivity contribution in [3.05, 3.63) is 0 Å².